The van der Waals surface area contributed by atoms with Crippen molar-refractivity contribution in [2.24, 2.45) is 0 Å². The quantitative estimate of drug-likeness (QED) is 0.566. The van der Waals surface area contributed by atoms with Gasteiger partial charge in [0.2, 0.25) is 0 Å². The predicted octanol–water partition coefficient (Wildman–Crippen LogP) is 2.14. The Labute approximate surface area is 63.3 Å². The van der Waals surface area contributed by atoms with E-state index in [2.05, 4.69) is 4.74 Å². The highest BCUT2D eigenvalue weighted by Gasteiger charge is 2.31. The van der Waals surface area contributed by atoms with Gasteiger partial charge in [-0.1, -0.05) is 13.8 Å². The molecule has 0 bridgehead atoms. The Morgan fingerprint density at radius 3 is 1.82 bits per heavy atom. The van der Waals surface area contributed by atoms with E-state index in [1.807, 2.05) is 13.8 Å². The van der Waals surface area contributed by atoms with Crippen molar-refractivity contribution in [1.29, 1.82) is 0 Å². The number of esters is 1. The van der Waals surface area contributed by atoms with Gasteiger partial charge in [-0.15, -0.1) is 0 Å². The van der Waals surface area contributed by atoms with E-state index in [0.717, 1.165) is 7.11 Å². The lowest BCUT2D eigenvalue weighted by Gasteiger charge is -2.02. The molecule has 0 rings (SSSR count). The summed E-state index contributed by atoms with van der Waals surface area (Å²) in [7, 11) is 0.911. The Bertz CT molecular complexity index is 109. The molecule has 0 radical (unpaired) electrons. The minimum absolute atomic E-state index is 0.911. The Hall–Kier alpha value is -0.740. The third-order valence-electron chi connectivity index (χ3n) is 0.572. The largest absolute Gasteiger partial charge is 0.469 e. The second kappa shape index (κ2) is 6.00. The van der Waals surface area contributed by atoms with E-state index in [0.29, 0.717) is 0 Å². The summed E-state index contributed by atoms with van der Waals surface area (Å²) in [5.74, 6) is -1.26. The minimum atomic E-state index is -4.45. The van der Waals surface area contributed by atoms with Gasteiger partial charge in [-0.05, 0) is 0 Å². The van der Waals surface area contributed by atoms with Gasteiger partial charge in [0.05, 0.1) is 7.11 Å². The zero-order valence-electron chi connectivity index (χ0n) is 6.66. The first-order valence-corrected chi connectivity index (χ1v) is 3.09. The first kappa shape index (κ1) is 12.9. The zero-order valence-corrected chi connectivity index (χ0v) is 6.66. The molecule has 0 saturated carbocycles. The first-order valence-electron chi connectivity index (χ1n) is 3.09. The molecule has 0 aliphatic carbocycles. The number of ether oxygens (including phenoxy) is 1. The minimum Gasteiger partial charge on any atom is -0.469 e. The summed E-state index contributed by atoms with van der Waals surface area (Å²) < 4.78 is 37.3. The van der Waals surface area contributed by atoms with Gasteiger partial charge in [-0.2, -0.15) is 13.2 Å². The lowest BCUT2D eigenvalue weighted by atomic mass is 10.4. The highest BCUT2D eigenvalue weighted by molar-refractivity contribution is 5.69. The Morgan fingerprint density at radius 1 is 1.36 bits per heavy atom. The van der Waals surface area contributed by atoms with E-state index < -0.39 is 18.6 Å². The second-order valence-electron chi connectivity index (χ2n) is 1.37. The zero-order chi connectivity index (χ0) is 9.49. The van der Waals surface area contributed by atoms with Crippen LogP contribution in [0, 0.1) is 0 Å². The van der Waals surface area contributed by atoms with Crippen molar-refractivity contribution in [1.82, 2.24) is 0 Å². The van der Waals surface area contributed by atoms with Crippen LogP contribution in [0.3, 0.4) is 0 Å². The topological polar surface area (TPSA) is 26.3 Å². The lowest BCUT2D eigenvalue weighted by molar-refractivity contribution is -0.168. The van der Waals surface area contributed by atoms with Crippen molar-refractivity contribution >= 4 is 5.97 Å². The van der Waals surface area contributed by atoms with E-state index in [4.69, 9.17) is 0 Å². The molecule has 0 fully saturated rings. The molecule has 0 aromatic carbocycles. The molecule has 0 saturated heterocycles. The van der Waals surface area contributed by atoms with E-state index in [9.17, 15) is 18.0 Å². The van der Waals surface area contributed by atoms with E-state index >= 15 is 0 Å². The van der Waals surface area contributed by atoms with Crippen LogP contribution < -0.4 is 0 Å². The fourth-order valence-electron chi connectivity index (χ4n) is 0.236. The van der Waals surface area contributed by atoms with Gasteiger partial charge in [0, 0.05) is 0 Å². The molecule has 0 aromatic rings. The number of alkyl halides is 3. The predicted molar refractivity (Wildman–Crippen MR) is 34.0 cm³/mol. The number of carbonyl (C=O) groups is 1. The highest BCUT2D eigenvalue weighted by atomic mass is 19.4. The van der Waals surface area contributed by atoms with E-state index in [1.54, 1.807) is 0 Å². The van der Waals surface area contributed by atoms with E-state index in [-0.39, 0.29) is 0 Å². The van der Waals surface area contributed by atoms with Crippen molar-refractivity contribution in [2.45, 2.75) is 26.4 Å². The molecule has 0 aliphatic rings. The number of hydrogen-bond acceptors (Lipinski definition) is 2. The summed E-state index contributed by atoms with van der Waals surface area (Å²) in [5.41, 5.74) is 0. The van der Waals surface area contributed by atoms with Crippen LogP contribution in [0.5, 0.6) is 0 Å². The van der Waals surface area contributed by atoms with Crippen LogP contribution in [-0.2, 0) is 9.53 Å². The van der Waals surface area contributed by atoms with Crippen LogP contribution in [-0.4, -0.2) is 19.3 Å². The fraction of sp³-hybridized carbons (Fsp3) is 0.833. The molecule has 0 N–H and O–H groups in total. The molecule has 11 heavy (non-hydrogen) atoms. The summed E-state index contributed by atoms with van der Waals surface area (Å²) in [6.45, 7) is 4.00. The van der Waals surface area contributed by atoms with Crippen LogP contribution in [0.1, 0.15) is 20.3 Å². The monoisotopic (exact) mass is 172 g/mol. The molecule has 2 nitrogen and oxygen atoms in total. The molecule has 0 aromatic heterocycles. The van der Waals surface area contributed by atoms with E-state index in [1.165, 1.54) is 0 Å². The van der Waals surface area contributed by atoms with Gasteiger partial charge in [-0.3, -0.25) is 4.79 Å². The van der Waals surface area contributed by atoms with Gasteiger partial charge < -0.3 is 4.74 Å². The standard InChI is InChI=1S/C4H5F3O2.C2H6/c1-9-3(8)2-4(5,6)7;1-2/h2H2,1H3;1-2H3. The number of methoxy groups -OCH3 is 1. The molecule has 0 atom stereocenters. The van der Waals surface area contributed by atoms with Gasteiger partial charge in [-0.25, -0.2) is 0 Å². The summed E-state index contributed by atoms with van der Waals surface area (Å²) in [6, 6.07) is 0. The number of rotatable bonds is 1. The van der Waals surface area contributed by atoms with Crippen molar-refractivity contribution in [2.75, 3.05) is 7.11 Å². The molecule has 68 valence electrons. The molecule has 0 amide bonds. The third-order valence-corrected chi connectivity index (χ3v) is 0.572. The van der Waals surface area contributed by atoms with Gasteiger partial charge in [0.15, 0.2) is 0 Å². The van der Waals surface area contributed by atoms with Crippen LogP contribution in [0.4, 0.5) is 13.2 Å². The van der Waals surface area contributed by atoms with Crippen LogP contribution >= 0.6 is 0 Å². The summed E-state index contributed by atoms with van der Waals surface area (Å²) >= 11 is 0. The molecule has 0 unspecified atom stereocenters. The number of carbonyl (C=O) groups excluding carboxylic acids is 1. The highest BCUT2D eigenvalue weighted by Crippen LogP contribution is 2.19. The summed E-state index contributed by atoms with van der Waals surface area (Å²) in [5, 5.41) is 0. The van der Waals surface area contributed by atoms with Gasteiger partial charge >= 0.3 is 12.1 Å². The smallest absolute Gasteiger partial charge is 0.399 e. The van der Waals surface area contributed by atoms with Crippen molar-refractivity contribution in [3.63, 3.8) is 0 Å². The molecular weight excluding hydrogens is 161 g/mol. The number of halogens is 3. The summed E-state index contributed by atoms with van der Waals surface area (Å²) in [6.07, 6.45) is -5.96. The summed E-state index contributed by atoms with van der Waals surface area (Å²) in [4.78, 5) is 9.89. The van der Waals surface area contributed by atoms with Crippen LogP contribution in [0.15, 0.2) is 0 Å². The Kier molecular flexibility index (Phi) is 7.04. The lowest BCUT2D eigenvalue weighted by Crippen LogP contribution is -2.15. The maximum Gasteiger partial charge on any atom is 0.399 e. The second-order valence-corrected chi connectivity index (χ2v) is 1.37. The normalized spacial score (nSPS) is 9.64. The van der Waals surface area contributed by atoms with Crippen molar-refractivity contribution in [3.05, 3.63) is 0 Å². The molecule has 0 spiro atoms. The number of hydrogen-bond donors (Lipinski definition) is 0. The van der Waals surface area contributed by atoms with Crippen molar-refractivity contribution in [3.8, 4) is 0 Å². The Morgan fingerprint density at radius 2 is 1.73 bits per heavy atom. The van der Waals surface area contributed by atoms with Crippen LogP contribution in [0.2, 0.25) is 0 Å². The van der Waals surface area contributed by atoms with Gasteiger partial charge in [0.25, 0.3) is 0 Å². The molecule has 5 heteroatoms. The van der Waals surface area contributed by atoms with Gasteiger partial charge in [0.1, 0.15) is 6.42 Å². The molecule has 0 aliphatic heterocycles. The van der Waals surface area contributed by atoms with Crippen LogP contribution in [0.25, 0.3) is 0 Å². The SMILES string of the molecule is CC.COC(=O)CC(F)(F)F. The first-order chi connectivity index (χ1) is 4.95. The third kappa shape index (κ3) is 12.5. The van der Waals surface area contributed by atoms with Crippen molar-refractivity contribution < 1.29 is 22.7 Å². The molecule has 0 heterocycles. The Balaban J connectivity index is 0. The average Bonchev–Trinajstić information content (AvgIpc) is 1.89. The maximum atomic E-state index is 11.2. The maximum absolute atomic E-state index is 11.2. The fourth-order valence-corrected chi connectivity index (χ4v) is 0.236. The molecular formula is C6H11F3O2. The average molecular weight is 172 g/mol.